The van der Waals surface area contributed by atoms with Gasteiger partial charge in [-0.25, -0.2) is 9.97 Å². The maximum Gasteiger partial charge on any atom is 0.249 e. The van der Waals surface area contributed by atoms with Crippen LogP contribution in [0.5, 0.6) is 5.75 Å². The van der Waals surface area contributed by atoms with Gasteiger partial charge in [-0.3, -0.25) is 29.4 Å². The number of amides is 3. The third kappa shape index (κ3) is 9.09. The fraction of sp³-hybridized carbons (Fsp3) is 0.359. The number of anilines is 7. The molecule has 3 fully saturated rings. The number of aromatic nitrogens is 3. The topological polar surface area (TPSA) is 177 Å². The number of benzene rings is 2. The molecule has 292 valence electrons. The van der Waals surface area contributed by atoms with Crippen molar-refractivity contribution in [3.05, 3.63) is 77.6 Å². The zero-order valence-corrected chi connectivity index (χ0v) is 32.0. The van der Waals surface area contributed by atoms with Crippen molar-refractivity contribution in [2.75, 3.05) is 91.8 Å². The monoisotopic (exact) mass is 781 g/mol. The number of carbonyl (C=O) groups excluding carboxylic acids is 4. The van der Waals surface area contributed by atoms with Crippen LogP contribution in [0.25, 0.3) is 0 Å². The third-order valence-corrected chi connectivity index (χ3v) is 10.4. The summed E-state index contributed by atoms with van der Waals surface area (Å²) in [6.07, 6.45) is 4.02. The molecule has 0 spiro atoms. The highest BCUT2D eigenvalue weighted by Crippen LogP contribution is 2.33. The zero-order valence-electron chi connectivity index (χ0n) is 31.3. The molecule has 4 aromatic rings. The maximum atomic E-state index is 13.3. The molecular formula is C39H44ClN11O5. The highest BCUT2D eigenvalue weighted by atomic mass is 35.5. The van der Waals surface area contributed by atoms with Crippen molar-refractivity contribution in [3.63, 3.8) is 0 Å². The predicted molar refractivity (Wildman–Crippen MR) is 215 cm³/mol. The molecule has 16 nitrogen and oxygen atoms in total. The minimum atomic E-state index is -0.477. The van der Waals surface area contributed by atoms with Crippen LogP contribution in [0.3, 0.4) is 0 Å². The molecule has 0 radical (unpaired) electrons. The normalized spacial score (nSPS) is 17.6. The molecule has 3 saturated heterocycles. The van der Waals surface area contributed by atoms with E-state index in [1.54, 1.807) is 31.5 Å². The fourth-order valence-corrected chi connectivity index (χ4v) is 7.12. The molecule has 56 heavy (non-hydrogen) atoms. The first kappa shape index (κ1) is 38.3. The van der Waals surface area contributed by atoms with Gasteiger partial charge in [-0.15, -0.1) is 0 Å². The summed E-state index contributed by atoms with van der Waals surface area (Å²) in [5, 5.41) is 12.1. The molecule has 0 bridgehead atoms. The van der Waals surface area contributed by atoms with E-state index in [2.05, 4.69) is 50.9 Å². The molecule has 3 aliphatic heterocycles. The van der Waals surface area contributed by atoms with Gasteiger partial charge in [0.25, 0.3) is 0 Å². The number of halogens is 1. The average molecular weight is 782 g/mol. The summed E-state index contributed by atoms with van der Waals surface area (Å²) in [5.41, 5.74) is 3.74. The Morgan fingerprint density at radius 2 is 1.61 bits per heavy atom. The van der Waals surface area contributed by atoms with Crippen molar-refractivity contribution in [2.24, 2.45) is 0 Å². The van der Waals surface area contributed by atoms with Crippen LogP contribution in [0, 0.1) is 0 Å². The van der Waals surface area contributed by atoms with Gasteiger partial charge in [0.15, 0.2) is 11.6 Å². The van der Waals surface area contributed by atoms with Gasteiger partial charge in [0.05, 0.1) is 43.1 Å². The lowest BCUT2D eigenvalue weighted by Crippen LogP contribution is -2.54. The van der Waals surface area contributed by atoms with Crippen LogP contribution in [0.4, 0.5) is 40.3 Å². The second kappa shape index (κ2) is 17.2. The molecule has 3 amide bonds. The van der Waals surface area contributed by atoms with E-state index in [0.29, 0.717) is 90.9 Å². The fourth-order valence-electron chi connectivity index (χ4n) is 6.98. The van der Waals surface area contributed by atoms with E-state index in [0.717, 1.165) is 37.6 Å². The second-order valence-electron chi connectivity index (χ2n) is 13.8. The minimum absolute atomic E-state index is 0.0803. The van der Waals surface area contributed by atoms with Crippen molar-refractivity contribution < 1.29 is 23.9 Å². The number of hydrogen-bond donors (Lipinski definition) is 4. The summed E-state index contributed by atoms with van der Waals surface area (Å²) in [6.45, 7) is 7.56. The summed E-state index contributed by atoms with van der Waals surface area (Å²) in [6, 6.07) is 16.4. The van der Waals surface area contributed by atoms with Gasteiger partial charge < -0.3 is 35.4 Å². The quantitative estimate of drug-likeness (QED) is 0.120. The molecule has 2 aromatic carbocycles. The predicted octanol–water partition coefficient (Wildman–Crippen LogP) is 3.91. The number of rotatable bonds is 12. The first-order chi connectivity index (χ1) is 27.1. The van der Waals surface area contributed by atoms with Crippen LogP contribution in [-0.2, 0) is 14.4 Å². The van der Waals surface area contributed by atoms with E-state index in [4.69, 9.17) is 16.3 Å². The van der Waals surface area contributed by atoms with Crippen molar-refractivity contribution in [2.45, 2.75) is 25.8 Å². The number of nitrogens with one attached hydrogen (secondary N) is 4. The first-order valence-electron chi connectivity index (χ1n) is 18.5. The minimum Gasteiger partial charge on any atom is -0.494 e. The van der Waals surface area contributed by atoms with Gasteiger partial charge in [0.2, 0.25) is 23.7 Å². The number of nitrogens with zero attached hydrogens (tertiary/aromatic N) is 7. The Labute approximate surface area is 329 Å². The largest absolute Gasteiger partial charge is 0.494 e. The Bertz CT molecular complexity index is 2090. The summed E-state index contributed by atoms with van der Waals surface area (Å²) in [5.74, 6) is 1.31. The van der Waals surface area contributed by atoms with Crippen LogP contribution in [-0.4, -0.2) is 120 Å². The maximum absolute atomic E-state index is 13.3. The Hall–Kier alpha value is -6.00. The number of carbonyl (C=O) groups is 4. The van der Waals surface area contributed by atoms with Crippen molar-refractivity contribution in [3.8, 4) is 5.75 Å². The first-order valence-corrected chi connectivity index (χ1v) is 18.9. The van der Waals surface area contributed by atoms with Crippen LogP contribution < -0.4 is 35.8 Å². The summed E-state index contributed by atoms with van der Waals surface area (Å²) in [7, 11) is 1.60. The molecule has 7 rings (SSSR count). The number of hydrogen-bond acceptors (Lipinski definition) is 14. The van der Waals surface area contributed by atoms with Gasteiger partial charge in [-0.05, 0) is 49.7 Å². The lowest BCUT2D eigenvalue weighted by atomic mass is 10.1. The van der Waals surface area contributed by atoms with Crippen LogP contribution in [0.1, 0.15) is 30.1 Å². The van der Waals surface area contributed by atoms with Crippen molar-refractivity contribution >= 4 is 75.4 Å². The highest BCUT2D eigenvalue weighted by molar-refractivity contribution is 6.33. The standard InChI is InChI=1S/C39H44ClN11O5/c1-25(52)28-5-3-4-6-30(28)44-37-29(40)23-42-39(47-37)45-31-9-7-26(21-33(31)56-2)49-17-19-51(20-18-49)36(54)24-48-13-15-50(16-14-48)27-8-11-34(41-22-27)43-32-10-12-35(53)46-38(32)55/h3-9,11,21-23,32H,10,12-20,24H2,1-2H3,(H,41,43)(H,46,53,55)(H2,42,44,45,47). The van der Waals surface area contributed by atoms with E-state index < -0.39 is 6.04 Å². The Morgan fingerprint density at radius 3 is 2.32 bits per heavy atom. The van der Waals surface area contributed by atoms with Gasteiger partial charge in [0, 0.05) is 76.1 Å². The van der Waals surface area contributed by atoms with Crippen molar-refractivity contribution in [1.29, 1.82) is 0 Å². The summed E-state index contributed by atoms with van der Waals surface area (Å²) < 4.78 is 5.73. The van der Waals surface area contributed by atoms with Crippen LogP contribution in [0.2, 0.25) is 5.02 Å². The lowest BCUT2D eigenvalue weighted by Gasteiger charge is -2.39. The molecule has 1 atom stereocenters. The summed E-state index contributed by atoms with van der Waals surface area (Å²) >= 11 is 6.41. The van der Waals surface area contributed by atoms with Crippen LogP contribution in [0.15, 0.2) is 67.0 Å². The Morgan fingerprint density at radius 1 is 0.875 bits per heavy atom. The number of methoxy groups -OCH3 is 1. The molecule has 0 aliphatic carbocycles. The number of pyridine rings is 1. The zero-order chi connectivity index (χ0) is 39.2. The average Bonchev–Trinajstić information content (AvgIpc) is 3.21. The molecular weight excluding hydrogens is 738 g/mol. The number of imide groups is 1. The Balaban J connectivity index is 0.876. The lowest BCUT2D eigenvalue weighted by molar-refractivity contribution is -0.134. The molecule has 2 aromatic heterocycles. The number of ether oxygens (including phenoxy) is 1. The number of para-hydroxylation sites is 1. The van der Waals surface area contributed by atoms with Gasteiger partial charge >= 0.3 is 0 Å². The molecule has 1 unspecified atom stereocenters. The summed E-state index contributed by atoms with van der Waals surface area (Å²) in [4.78, 5) is 70.9. The number of ketones is 1. The van der Waals surface area contributed by atoms with Crippen molar-refractivity contribution in [1.82, 2.24) is 30.1 Å². The highest BCUT2D eigenvalue weighted by Gasteiger charge is 2.28. The Kier molecular flexibility index (Phi) is 11.8. The van der Waals surface area contributed by atoms with E-state index in [1.807, 2.05) is 41.3 Å². The molecule has 5 heterocycles. The third-order valence-electron chi connectivity index (χ3n) is 10.1. The van der Waals surface area contributed by atoms with E-state index >= 15 is 0 Å². The van der Waals surface area contributed by atoms with E-state index in [-0.39, 0.29) is 23.5 Å². The van der Waals surface area contributed by atoms with E-state index in [1.165, 1.54) is 13.1 Å². The number of Topliss-reactive ketones (excluding diaryl/α,β-unsaturated/α-hetero) is 1. The van der Waals surface area contributed by atoms with Gasteiger partial charge in [-0.2, -0.15) is 4.98 Å². The molecule has 0 saturated carbocycles. The number of piperazine rings is 2. The smallest absolute Gasteiger partial charge is 0.249 e. The number of piperidine rings is 1. The second-order valence-corrected chi connectivity index (χ2v) is 14.2. The van der Waals surface area contributed by atoms with E-state index in [9.17, 15) is 19.2 Å². The van der Waals surface area contributed by atoms with Crippen LogP contribution >= 0.6 is 11.6 Å². The molecule has 3 aliphatic rings. The molecule has 17 heteroatoms. The SMILES string of the molecule is COc1cc(N2CCN(C(=O)CN3CCN(c4ccc(NC5CCC(=O)NC5=O)nc4)CC3)CC2)ccc1Nc1ncc(Cl)c(Nc2ccccc2C(C)=O)n1. The van der Waals surface area contributed by atoms with Gasteiger partial charge in [-0.1, -0.05) is 23.7 Å². The van der Waals surface area contributed by atoms with Gasteiger partial charge in [0.1, 0.15) is 22.6 Å². The molecule has 4 N–H and O–H groups in total.